The molecular formula is C26H31N3O4. The molecule has 3 N–H and O–H groups in total. The third-order valence-corrected chi connectivity index (χ3v) is 7.18. The number of hydrogen-bond acceptors (Lipinski definition) is 5. The summed E-state index contributed by atoms with van der Waals surface area (Å²) in [4.78, 5) is 29.0. The van der Waals surface area contributed by atoms with Gasteiger partial charge < -0.3 is 20.5 Å². The van der Waals surface area contributed by atoms with E-state index in [1.54, 1.807) is 0 Å². The molecule has 2 aromatic rings. The number of aryl methyl sites for hydroxylation is 2. The average Bonchev–Trinajstić information content (AvgIpc) is 3.25. The number of nitrogens with one attached hydrogen (secondary N) is 2. The maximum absolute atomic E-state index is 12.8. The topological polar surface area (TPSA) is 101 Å². The first-order chi connectivity index (χ1) is 16.0. The number of fused-ring (bicyclic) bond motifs is 2. The molecular weight excluding hydrogens is 418 g/mol. The fourth-order valence-electron chi connectivity index (χ4n) is 5.16. The van der Waals surface area contributed by atoms with Crippen LogP contribution in [0, 0.1) is 11.8 Å². The maximum Gasteiger partial charge on any atom is 0.305 e. The van der Waals surface area contributed by atoms with Gasteiger partial charge in [-0.1, -0.05) is 18.2 Å². The Bertz CT molecular complexity index is 1050. The molecule has 3 heterocycles. The molecule has 174 valence electrons. The van der Waals surface area contributed by atoms with Crippen molar-refractivity contribution in [1.82, 2.24) is 10.3 Å². The highest BCUT2D eigenvalue weighted by atomic mass is 16.5. The van der Waals surface area contributed by atoms with Crippen molar-refractivity contribution >= 4 is 17.7 Å². The standard InChI is InChI=1S/C26H31N3O4/c30-24(31)15-22(19-5-4-17-9-11-33-23(17)14-19)29-26(32)20-12-16(13-20)3-7-21-8-6-18-2-1-10-27-25(18)28-21/h4-6,8,14,16,20,22H,1-3,7,9-13,15H2,(H,27,28)(H,29,32)(H,30,31)/t16?,20?,22-/m0/s1. The van der Waals surface area contributed by atoms with E-state index < -0.39 is 12.0 Å². The molecule has 1 atom stereocenters. The lowest BCUT2D eigenvalue weighted by molar-refractivity contribution is -0.138. The minimum atomic E-state index is -0.930. The highest BCUT2D eigenvalue weighted by molar-refractivity contribution is 5.81. The number of ether oxygens (including phenoxy) is 1. The van der Waals surface area contributed by atoms with Crippen LogP contribution in [0.3, 0.4) is 0 Å². The molecule has 1 aromatic heterocycles. The van der Waals surface area contributed by atoms with Crippen molar-refractivity contribution in [3.05, 3.63) is 52.7 Å². The van der Waals surface area contributed by atoms with Crippen molar-refractivity contribution in [2.45, 2.75) is 57.4 Å². The van der Waals surface area contributed by atoms with Crippen molar-refractivity contribution in [2.24, 2.45) is 11.8 Å². The number of anilines is 1. The summed E-state index contributed by atoms with van der Waals surface area (Å²) in [6.45, 7) is 1.64. The van der Waals surface area contributed by atoms with Gasteiger partial charge in [-0.25, -0.2) is 4.98 Å². The number of hydrogen-bond donors (Lipinski definition) is 3. The molecule has 0 unspecified atom stereocenters. The van der Waals surface area contributed by atoms with E-state index in [1.807, 2.05) is 18.2 Å². The molecule has 2 aliphatic heterocycles. The minimum Gasteiger partial charge on any atom is -0.493 e. The Morgan fingerprint density at radius 3 is 2.88 bits per heavy atom. The zero-order chi connectivity index (χ0) is 22.8. The Morgan fingerprint density at radius 2 is 2.03 bits per heavy atom. The van der Waals surface area contributed by atoms with Gasteiger partial charge in [0.25, 0.3) is 0 Å². The van der Waals surface area contributed by atoms with Crippen molar-refractivity contribution in [2.75, 3.05) is 18.5 Å². The molecule has 0 bridgehead atoms. The van der Waals surface area contributed by atoms with Crippen molar-refractivity contribution in [1.29, 1.82) is 0 Å². The lowest BCUT2D eigenvalue weighted by atomic mass is 9.72. The van der Waals surface area contributed by atoms with Crippen molar-refractivity contribution in [3.63, 3.8) is 0 Å². The number of carbonyl (C=O) groups is 2. The molecule has 0 saturated heterocycles. The SMILES string of the molecule is O=C(O)C[C@H](NC(=O)C1CC(CCc2ccc3c(n2)NCCC3)C1)c1ccc2c(c1)OCC2. The first-order valence-electron chi connectivity index (χ1n) is 12.1. The first kappa shape index (κ1) is 21.7. The number of nitrogens with zero attached hydrogens (tertiary/aromatic N) is 1. The highest BCUT2D eigenvalue weighted by Crippen LogP contribution is 2.38. The van der Waals surface area contributed by atoms with E-state index in [4.69, 9.17) is 9.72 Å². The summed E-state index contributed by atoms with van der Waals surface area (Å²) in [6.07, 6.45) is 6.62. The third-order valence-electron chi connectivity index (χ3n) is 7.18. The summed E-state index contributed by atoms with van der Waals surface area (Å²) in [7, 11) is 0. The van der Waals surface area contributed by atoms with Gasteiger partial charge >= 0.3 is 5.97 Å². The molecule has 7 nitrogen and oxygen atoms in total. The third kappa shape index (κ3) is 4.97. The monoisotopic (exact) mass is 449 g/mol. The van der Waals surface area contributed by atoms with E-state index in [2.05, 4.69) is 22.8 Å². The van der Waals surface area contributed by atoms with E-state index in [1.165, 1.54) is 5.56 Å². The van der Waals surface area contributed by atoms with Crippen molar-refractivity contribution < 1.29 is 19.4 Å². The largest absolute Gasteiger partial charge is 0.493 e. The van der Waals surface area contributed by atoms with Gasteiger partial charge in [-0.15, -0.1) is 0 Å². The summed E-state index contributed by atoms with van der Waals surface area (Å²) in [5.41, 5.74) is 4.33. The Morgan fingerprint density at radius 1 is 1.18 bits per heavy atom. The predicted molar refractivity (Wildman–Crippen MR) is 124 cm³/mol. The summed E-state index contributed by atoms with van der Waals surface area (Å²) in [5, 5.41) is 15.7. The zero-order valence-electron chi connectivity index (χ0n) is 18.8. The van der Waals surface area contributed by atoms with Crippen LogP contribution >= 0.6 is 0 Å². The smallest absolute Gasteiger partial charge is 0.305 e. The summed E-state index contributed by atoms with van der Waals surface area (Å²) < 4.78 is 5.62. The van der Waals surface area contributed by atoms with Gasteiger partial charge in [0.2, 0.25) is 5.91 Å². The number of aliphatic carboxylic acids is 1. The van der Waals surface area contributed by atoms with Gasteiger partial charge in [0.05, 0.1) is 19.1 Å². The van der Waals surface area contributed by atoms with Crippen LogP contribution in [0.25, 0.3) is 0 Å². The van der Waals surface area contributed by atoms with Crippen LogP contribution < -0.4 is 15.4 Å². The first-order valence-corrected chi connectivity index (χ1v) is 12.1. The number of carbonyl (C=O) groups excluding carboxylic acids is 1. The molecule has 1 aromatic carbocycles. The molecule has 1 fully saturated rings. The molecule has 3 aliphatic rings. The fraction of sp³-hybridized carbons (Fsp3) is 0.500. The van der Waals surface area contributed by atoms with Gasteiger partial charge in [-0.05, 0) is 73.3 Å². The van der Waals surface area contributed by atoms with Crippen LogP contribution in [0.1, 0.15) is 60.5 Å². The molecule has 1 amide bonds. The van der Waals surface area contributed by atoms with E-state index in [0.29, 0.717) is 12.5 Å². The minimum absolute atomic E-state index is 0.0462. The van der Waals surface area contributed by atoms with Crippen molar-refractivity contribution in [3.8, 4) is 5.75 Å². The van der Waals surface area contributed by atoms with Crippen LogP contribution in [-0.2, 0) is 28.9 Å². The van der Waals surface area contributed by atoms with Gasteiger partial charge in [0.1, 0.15) is 11.6 Å². The maximum atomic E-state index is 12.8. The molecule has 0 radical (unpaired) electrons. The highest BCUT2D eigenvalue weighted by Gasteiger charge is 2.35. The quantitative estimate of drug-likeness (QED) is 0.569. The summed E-state index contributed by atoms with van der Waals surface area (Å²) in [6, 6.07) is 9.53. The van der Waals surface area contributed by atoms with Gasteiger partial charge in [-0.2, -0.15) is 0 Å². The van der Waals surface area contributed by atoms with E-state index >= 15 is 0 Å². The average molecular weight is 450 g/mol. The predicted octanol–water partition coefficient (Wildman–Crippen LogP) is 3.67. The Labute approximate surface area is 193 Å². The molecule has 33 heavy (non-hydrogen) atoms. The second-order valence-corrected chi connectivity index (χ2v) is 9.54. The number of carboxylic acids is 1. The molecule has 1 aliphatic carbocycles. The number of amides is 1. The number of carboxylic acid groups (broad SMARTS) is 1. The number of pyridine rings is 1. The van der Waals surface area contributed by atoms with Crippen LogP contribution in [-0.4, -0.2) is 35.1 Å². The summed E-state index contributed by atoms with van der Waals surface area (Å²) in [5.74, 6) is 1.32. The number of benzene rings is 1. The normalized spacial score (nSPS) is 21.6. The lowest BCUT2D eigenvalue weighted by Gasteiger charge is -2.35. The molecule has 1 saturated carbocycles. The van der Waals surface area contributed by atoms with Crippen LogP contribution in [0.4, 0.5) is 5.82 Å². The van der Waals surface area contributed by atoms with Crippen LogP contribution in [0.5, 0.6) is 5.75 Å². The van der Waals surface area contributed by atoms with Crippen LogP contribution in [0.15, 0.2) is 30.3 Å². The second kappa shape index (κ2) is 9.41. The summed E-state index contributed by atoms with van der Waals surface area (Å²) >= 11 is 0. The molecule has 5 rings (SSSR count). The lowest BCUT2D eigenvalue weighted by Crippen LogP contribution is -2.41. The Hall–Kier alpha value is -3.09. The van der Waals surface area contributed by atoms with Crippen LogP contribution in [0.2, 0.25) is 0 Å². The second-order valence-electron chi connectivity index (χ2n) is 9.54. The Kier molecular flexibility index (Phi) is 6.20. The van der Waals surface area contributed by atoms with E-state index in [9.17, 15) is 14.7 Å². The fourth-order valence-corrected chi connectivity index (χ4v) is 5.16. The van der Waals surface area contributed by atoms with Gasteiger partial charge in [0, 0.05) is 24.6 Å². The van der Waals surface area contributed by atoms with E-state index in [-0.39, 0.29) is 18.2 Å². The number of rotatable bonds is 8. The van der Waals surface area contributed by atoms with Gasteiger partial charge in [0.15, 0.2) is 0 Å². The van der Waals surface area contributed by atoms with E-state index in [0.717, 1.165) is 79.9 Å². The Balaban J connectivity index is 1.13. The number of aromatic nitrogens is 1. The molecule has 7 heteroatoms. The van der Waals surface area contributed by atoms with Gasteiger partial charge in [-0.3, -0.25) is 9.59 Å². The molecule has 0 spiro atoms. The zero-order valence-corrected chi connectivity index (χ0v) is 18.8.